The molecule has 132 valence electrons. The van der Waals surface area contributed by atoms with Gasteiger partial charge in [0, 0.05) is 6.42 Å². The summed E-state index contributed by atoms with van der Waals surface area (Å²) in [5.74, 6) is 1.63. The molecule has 0 atom stereocenters. The number of rotatable bonds is 15. The van der Waals surface area contributed by atoms with Gasteiger partial charge in [-0.25, -0.2) is 0 Å². The third-order valence-corrected chi connectivity index (χ3v) is 4.10. The topological polar surface area (TPSA) is 26.3 Å². The average molecular weight is 313 g/mol. The van der Waals surface area contributed by atoms with Crippen LogP contribution in [0.25, 0.3) is 0 Å². The molecule has 0 radical (unpaired) electrons. The first-order chi connectivity index (χ1) is 10.5. The Morgan fingerprint density at radius 1 is 0.682 bits per heavy atom. The molecule has 0 aliphatic rings. The third kappa shape index (κ3) is 17.5. The van der Waals surface area contributed by atoms with Crippen molar-refractivity contribution in [2.75, 3.05) is 6.61 Å². The second kappa shape index (κ2) is 15.4. The Hall–Kier alpha value is -0.530. The molecule has 0 saturated heterocycles. The van der Waals surface area contributed by atoms with Crippen LogP contribution in [0.2, 0.25) is 0 Å². The van der Waals surface area contributed by atoms with E-state index in [1.807, 2.05) is 0 Å². The molecule has 2 nitrogen and oxygen atoms in total. The number of hydrogen-bond acceptors (Lipinski definition) is 2. The van der Waals surface area contributed by atoms with Crippen LogP contribution in [0, 0.1) is 11.8 Å². The summed E-state index contributed by atoms with van der Waals surface area (Å²) in [5, 5.41) is 0. The molecule has 0 heterocycles. The van der Waals surface area contributed by atoms with Crippen LogP contribution in [-0.4, -0.2) is 12.6 Å². The summed E-state index contributed by atoms with van der Waals surface area (Å²) < 4.78 is 5.29. The van der Waals surface area contributed by atoms with Crippen molar-refractivity contribution in [2.45, 2.75) is 105 Å². The van der Waals surface area contributed by atoms with E-state index in [1.54, 1.807) is 0 Å². The molecule has 0 amide bonds. The molecule has 0 bridgehead atoms. The molecule has 2 heteroatoms. The minimum Gasteiger partial charge on any atom is -0.466 e. The quantitative estimate of drug-likeness (QED) is 0.254. The van der Waals surface area contributed by atoms with Gasteiger partial charge in [0.05, 0.1) is 6.61 Å². The fourth-order valence-electron chi connectivity index (χ4n) is 2.62. The Morgan fingerprint density at radius 3 is 1.68 bits per heavy atom. The molecule has 0 rings (SSSR count). The van der Waals surface area contributed by atoms with Crippen LogP contribution in [0.1, 0.15) is 105 Å². The van der Waals surface area contributed by atoms with E-state index in [9.17, 15) is 4.79 Å². The van der Waals surface area contributed by atoms with Gasteiger partial charge in [0.1, 0.15) is 0 Å². The summed E-state index contributed by atoms with van der Waals surface area (Å²) in [7, 11) is 0. The van der Waals surface area contributed by atoms with E-state index < -0.39 is 0 Å². The van der Waals surface area contributed by atoms with Crippen molar-refractivity contribution < 1.29 is 9.53 Å². The molecule has 0 saturated carbocycles. The van der Waals surface area contributed by atoms with Gasteiger partial charge in [-0.05, 0) is 24.7 Å². The van der Waals surface area contributed by atoms with Gasteiger partial charge in [-0.2, -0.15) is 0 Å². The molecule has 0 aliphatic heterocycles. The van der Waals surface area contributed by atoms with Gasteiger partial charge in [0.25, 0.3) is 0 Å². The Kier molecular flexibility index (Phi) is 15.0. The zero-order valence-corrected chi connectivity index (χ0v) is 15.7. The van der Waals surface area contributed by atoms with Crippen LogP contribution < -0.4 is 0 Å². The van der Waals surface area contributed by atoms with Crippen molar-refractivity contribution in [1.82, 2.24) is 0 Å². The van der Waals surface area contributed by atoms with Crippen LogP contribution >= 0.6 is 0 Å². The van der Waals surface area contributed by atoms with Gasteiger partial charge < -0.3 is 4.74 Å². The van der Waals surface area contributed by atoms with Gasteiger partial charge >= 0.3 is 5.97 Å². The first-order valence-electron chi connectivity index (χ1n) is 9.68. The number of carbonyl (C=O) groups excluding carboxylic acids is 1. The molecular weight excluding hydrogens is 272 g/mol. The number of ether oxygens (including phenoxy) is 1. The monoisotopic (exact) mass is 312 g/mol. The summed E-state index contributed by atoms with van der Waals surface area (Å²) >= 11 is 0. The highest BCUT2D eigenvalue weighted by Gasteiger charge is 2.03. The Morgan fingerprint density at radius 2 is 1.14 bits per heavy atom. The minimum absolute atomic E-state index is 0.00340. The third-order valence-electron chi connectivity index (χ3n) is 4.10. The zero-order valence-electron chi connectivity index (χ0n) is 15.7. The molecule has 0 spiro atoms. The average Bonchev–Trinajstić information content (AvgIpc) is 2.44. The summed E-state index contributed by atoms with van der Waals surface area (Å²) in [6.45, 7) is 9.72. The summed E-state index contributed by atoms with van der Waals surface area (Å²) in [4.78, 5) is 11.6. The van der Waals surface area contributed by atoms with E-state index in [-0.39, 0.29) is 5.97 Å². The molecule has 22 heavy (non-hydrogen) atoms. The van der Waals surface area contributed by atoms with Gasteiger partial charge in [-0.15, -0.1) is 0 Å². The molecular formula is C20H40O2. The Bertz CT molecular complexity index is 246. The molecule has 0 N–H and O–H groups in total. The SMILES string of the molecule is CC(C)CCCCCCCOC(=O)CCCCCCC(C)C. The first-order valence-corrected chi connectivity index (χ1v) is 9.68. The lowest BCUT2D eigenvalue weighted by Crippen LogP contribution is -2.05. The van der Waals surface area contributed by atoms with E-state index in [2.05, 4.69) is 27.7 Å². The maximum absolute atomic E-state index is 11.6. The van der Waals surface area contributed by atoms with Crippen molar-refractivity contribution in [3.05, 3.63) is 0 Å². The molecule has 0 aromatic carbocycles. The van der Waals surface area contributed by atoms with E-state index >= 15 is 0 Å². The second-order valence-corrected chi connectivity index (χ2v) is 7.52. The smallest absolute Gasteiger partial charge is 0.305 e. The van der Waals surface area contributed by atoms with Crippen molar-refractivity contribution in [2.24, 2.45) is 11.8 Å². The van der Waals surface area contributed by atoms with Gasteiger partial charge in [0.15, 0.2) is 0 Å². The predicted molar refractivity (Wildman–Crippen MR) is 96.0 cm³/mol. The van der Waals surface area contributed by atoms with Crippen LogP contribution in [0.4, 0.5) is 0 Å². The van der Waals surface area contributed by atoms with Crippen molar-refractivity contribution in [3.8, 4) is 0 Å². The molecule has 0 aromatic rings. The molecule has 0 unspecified atom stereocenters. The van der Waals surface area contributed by atoms with Crippen molar-refractivity contribution >= 4 is 5.97 Å². The lowest BCUT2D eigenvalue weighted by Gasteiger charge is -2.06. The standard InChI is InChI=1S/C20H40O2/c1-18(2)14-10-6-5-9-13-17-22-20(21)16-12-8-7-11-15-19(3)4/h18-19H,5-17H2,1-4H3. The van der Waals surface area contributed by atoms with Crippen LogP contribution in [0.3, 0.4) is 0 Å². The molecule has 0 fully saturated rings. The van der Waals surface area contributed by atoms with Gasteiger partial charge in [-0.1, -0.05) is 85.5 Å². The van der Waals surface area contributed by atoms with Crippen LogP contribution in [0.5, 0.6) is 0 Å². The van der Waals surface area contributed by atoms with E-state index in [4.69, 9.17) is 4.74 Å². The largest absolute Gasteiger partial charge is 0.466 e. The maximum atomic E-state index is 11.6. The summed E-state index contributed by atoms with van der Waals surface area (Å²) in [6.07, 6.45) is 14.1. The van der Waals surface area contributed by atoms with E-state index in [0.717, 1.165) is 31.1 Å². The molecule has 0 aromatic heterocycles. The highest BCUT2D eigenvalue weighted by Crippen LogP contribution is 2.12. The minimum atomic E-state index is 0.00340. The maximum Gasteiger partial charge on any atom is 0.305 e. The summed E-state index contributed by atoms with van der Waals surface area (Å²) in [5.41, 5.74) is 0. The summed E-state index contributed by atoms with van der Waals surface area (Å²) in [6, 6.07) is 0. The Balaban J connectivity index is 3.19. The number of carbonyl (C=O) groups is 1. The number of esters is 1. The zero-order chi connectivity index (χ0) is 16.6. The van der Waals surface area contributed by atoms with Crippen LogP contribution in [-0.2, 0) is 9.53 Å². The number of hydrogen-bond donors (Lipinski definition) is 0. The van der Waals surface area contributed by atoms with Gasteiger partial charge in [0.2, 0.25) is 0 Å². The van der Waals surface area contributed by atoms with Crippen molar-refractivity contribution in [1.29, 1.82) is 0 Å². The predicted octanol–water partition coefficient (Wildman–Crippen LogP) is 6.52. The lowest BCUT2D eigenvalue weighted by atomic mass is 10.0. The highest BCUT2D eigenvalue weighted by molar-refractivity contribution is 5.69. The fraction of sp³-hybridized carbons (Fsp3) is 0.950. The second-order valence-electron chi connectivity index (χ2n) is 7.52. The van der Waals surface area contributed by atoms with E-state index in [0.29, 0.717) is 13.0 Å². The number of unbranched alkanes of at least 4 members (excludes halogenated alkanes) is 7. The van der Waals surface area contributed by atoms with Crippen molar-refractivity contribution in [3.63, 3.8) is 0 Å². The fourth-order valence-corrected chi connectivity index (χ4v) is 2.62. The van der Waals surface area contributed by atoms with E-state index in [1.165, 1.54) is 51.4 Å². The van der Waals surface area contributed by atoms with Crippen LogP contribution in [0.15, 0.2) is 0 Å². The Labute approximate surface area is 139 Å². The van der Waals surface area contributed by atoms with Gasteiger partial charge in [-0.3, -0.25) is 4.79 Å². The lowest BCUT2D eigenvalue weighted by molar-refractivity contribution is -0.143. The highest BCUT2D eigenvalue weighted by atomic mass is 16.5. The normalized spacial score (nSPS) is 11.4. The molecule has 0 aliphatic carbocycles. The first kappa shape index (κ1) is 21.5.